The lowest BCUT2D eigenvalue weighted by molar-refractivity contribution is 0.190. The van der Waals surface area contributed by atoms with Crippen LogP contribution in [0.5, 0.6) is 17.2 Å². The first-order valence-corrected chi connectivity index (χ1v) is 7.11. The van der Waals surface area contributed by atoms with E-state index in [4.69, 9.17) is 9.47 Å². The van der Waals surface area contributed by atoms with Crippen molar-refractivity contribution in [3.8, 4) is 17.2 Å². The summed E-state index contributed by atoms with van der Waals surface area (Å²) in [6, 6.07) is 11.3. The summed E-state index contributed by atoms with van der Waals surface area (Å²) in [7, 11) is 1.58. The Morgan fingerprint density at radius 3 is 2.45 bits per heavy atom. The van der Waals surface area contributed by atoms with Gasteiger partial charge in [-0.05, 0) is 43.7 Å². The Hall–Kier alpha value is -1.52. The van der Waals surface area contributed by atoms with Crippen LogP contribution in [0, 0.1) is 6.92 Å². The Labute approximate surface area is 127 Å². The van der Waals surface area contributed by atoms with Crippen LogP contribution in [0.15, 0.2) is 40.9 Å². The molecule has 3 nitrogen and oxygen atoms in total. The van der Waals surface area contributed by atoms with Gasteiger partial charge < -0.3 is 14.6 Å². The Morgan fingerprint density at radius 2 is 1.80 bits per heavy atom. The van der Waals surface area contributed by atoms with E-state index in [1.165, 1.54) is 0 Å². The number of hydrogen-bond donors (Lipinski definition) is 1. The molecule has 0 radical (unpaired) electrons. The normalized spacial score (nSPS) is 12.1. The predicted octanol–water partition coefficient (Wildman–Crippen LogP) is 4.61. The van der Waals surface area contributed by atoms with E-state index in [0.717, 1.165) is 15.8 Å². The minimum atomic E-state index is -0.673. The summed E-state index contributed by atoms with van der Waals surface area (Å²) in [5.74, 6) is 1.96. The zero-order valence-electron chi connectivity index (χ0n) is 11.7. The van der Waals surface area contributed by atoms with Gasteiger partial charge in [0.1, 0.15) is 17.2 Å². The summed E-state index contributed by atoms with van der Waals surface area (Å²) >= 11 is 3.43. The van der Waals surface area contributed by atoms with E-state index in [2.05, 4.69) is 15.9 Å². The van der Waals surface area contributed by atoms with Crippen molar-refractivity contribution in [3.63, 3.8) is 0 Å². The molecule has 0 unspecified atom stereocenters. The molecule has 0 heterocycles. The number of benzene rings is 2. The molecule has 2 aromatic carbocycles. The number of aliphatic hydroxyl groups excluding tert-OH is 1. The fraction of sp³-hybridized carbons (Fsp3) is 0.250. The maximum Gasteiger partial charge on any atom is 0.136 e. The SMILES string of the molecule is COc1cccc(Oc2cc(Br)ccc2C)c1[C@H](C)O. The predicted molar refractivity (Wildman–Crippen MR) is 82.6 cm³/mol. The number of halogens is 1. The smallest absolute Gasteiger partial charge is 0.136 e. The van der Waals surface area contributed by atoms with Gasteiger partial charge >= 0.3 is 0 Å². The van der Waals surface area contributed by atoms with Gasteiger partial charge in [-0.25, -0.2) is 0 Å². The molecule has 0 aliphatic carbocycles. The Bertz CT molecular complexity index is 609. The number of aryl methyl sites for hydroxylation is 1. The van der Waals surface area contributed by atoms with Crippen molar-refractivity contribution in [2.45, 2.75) is 20.0 Å². The third-order valence-electron chi connectivity index (χ3n) is 3.03. The molecule has 2 aromatic rings. The molecule has 0 aliphatic rings. The largest absolute Gasteiger partial charge is 0.496 e. The molecule has 0 aromatic heterocycles. The first kappa shape index (κ1) is 14.9. The molecule has 0 spiro atoms. The zero-order chi connectivity index (χ0) is 14.7. The average molecular weight is 337 g/mol. The molecule has 2 rings (SSSR count). The van der Waals surface area contributed by atoms with Crippen LogP contribution in [-0.4, -0.2) is 12.2 Å². The number of methoxy groups -OCH3 is 1. The van der Waals surface area contributed by atoms with Gasteiger partial charge in [0.2, 0.25) is 0 Å². The van der Waals surface area contributed by atoms with Gasteiger partial charge in [0, 0.05) is 4.47 Å². The van der Waals surface area contributed by atoms with Gasteiger partial charge in [-0.1, -0.05) is 28.1 Å². The van der Waals surface area contributed by atoms with Crippen LogP contribution in [0.4, 0.5) is 0 Å². The van der Waals surface area contributed by atoms with Crippen LogP contribution in [0.2, 0.25) is 0 Å². The average Bonchev–Trinajstić information content (AvgIpc) is 2.42. The molecule has 1 atom stereocenters. The van der Waals surface area contributed by atoms with Crippen LogP contribution in [0.3, 0.4) is 0 Å². The standard InChI is InChI=1S/C16H17BrO3/c1-10-7-8-12(17)9-15(10)20-14-6-4-5-13(19-3)16(14)11(2)18/h4-9,11,18H,1-3H3/t11-/m0/s1. The molecule has 0 amide bonds. The van der Waals surface area contributed by atoms with Crippen LogP contribution >= 0.6 is 15.9 Å². The van der Waals surface area contributed by atoms with Gasteiger partial charge in [0.25, 0.3) is 0 Å². The van der Waals surface area contributed by atoms with Crippen molar-refractivity contribution in [1.82, 2.24) is 0 Å². The zero-order valence-corrected chi connectivity index (χ0v) is 13.3. The lowest BCUT2D eigenvalue weighted by atomic mass is 10.1. The summed E-state index contributed by atoms with van der Waals surface area (Å²) < 4.78 is 12.2. The molecule has 0 fully saturated rings. The Kier molecular flexibility index (Phi) is 4.68. The van der Waals surface area contributed by atoms with Gasteiger partial charge in [-0.3, -0.25) is 0 Å². The molecule has 1 N–H and O–H groups in total. The summed E-state index contributed by atoms with van der Waals surface area (Å²) in [6.07, 6.45) is -0.673. The Morgan fingerprint density at radius 1 is 1.10 bits per heavy atom. The van der Waals surface area contributed by atoms with Gasteiger partial charge in [0.05, 0.1) is 18.8 Å². The van der Waals surface area contributed by atoms with Crippen LogP contribution in [-0.2, 0) is 0 Å². The monoisotopic (exact) mass is 336 g/mol. The Balaban J connectivity index is 2.45. The van der Waals surface area contributed by atoms with E-state index >= 15 is 0 Å². The van der Waals surface area contributed by atoms with Crippen molar-refractivity contribution >= 4 is 15.9 Å². The minimum Gasteiger partial charge on any atom is -0.496 e. The lowest BCUT2D eigenvalue weighted by Crippen LogP contribution is -2.00. The maximum absolute atomic E-state index is 9.95. The van der Waals surface area contributed by atoms with E-state index in [9.17, 15) is 5.11 Å². The molecular weight excluding hydrogens is 320 g/mol. The molecular formula is C16H17BrO3. The van der Waals surface area contributed by atoms with E-state index in [1.54, 1.807) is 14.0 Å². The van der Waals surface area contributed by atoms with E-state index in [-0.39, 0.29) is 0 Å². The minimum absolute atomic E-state index is 0.598. The number of aliphatic hydroxyl groups is 1. The van der Waals surface area contributed by atoms with E-state index < -0.39 is 6.10 Å². The highest BCUT2D eigenvalue weighted by atomic mass is 79.9. The van der Waals surface area contributed by atoms with Crippen molar-refractivity contribution < 1.29 is 14.6 Å². The summed E-state index contributed by atoms with van der Waals surface area (Å²) in [4.78, 5) is 0. The van der Waals surface area contributed by atoms with Crippen molar-refractivity contribution in [2.24, 2.45) is 0 Å². The molecule has 0 saturated heterocycles. The quantitative estimate of drug-likeness (QED) is 0.885. The molecule has 0 bridgehead atoms. The maximum atomic E-state index is 9.95. The number of hydrogen-bond acceptors (Lipinski definition) is 3. The highest BCUT2D eigenvalue weighted by Crippen LogP contribution is 2.37. The molecule has 106 valence electrons. The number of rotatable bonds is 4. The molecule has 20 heavy (non-hydrogen) atoms. The first-order chi connectivity index (χ1) is 9.52. The molecule has 0 saturated carbocycles. The second kappa shape index (κ2) is 6.29. The third kappa shape index (κ3) is 3.14. The van der Waals surface area contributed by atoms with Crippen molar-refractivity contribution in [2.75, 3.05) is 7.11 Å². The fourth-order valence-corrected chi connectivity index (χ4v) is 2.35. The van der Waals surface area contributed by atoms with Crippen LogP contribution in [0.25, 0.3) is 0 Å². The fourth-order valence-electron chi connectivity index (χ4n) is 2.00. The van der Waals surface area contributed by atoms with Crippen molar-refractivity contribution in [1.29, 1.82) is 0 Å². The summed E-state index contributed by atoms with van der Waals surface area (Å²) in [6.45, 7) is 3.67. The second-order valence-electron chi connectivity index (χ2n) is 4.56. The van der Waals surface area contributed by atoms with E-state index in [0.29, 0.717) is 17.1 Å². The number of ether oxygens (including phenoxy) is 2. The van der Waals surface area contributed by atoms with Gasteiger partial charge in [-0.15, -0.1) is 0 Å². The first-order valence-electron chi connectivity index (χ1n) is 6.32. The second-order valence-corrected chi connectivity index (χ2v) is 5.48. The molecule has 0 aliphatic heterocycles. The highest BCUT2D eigenvalue weighted by molar-refractivity contribution is 9.10. The topological polar surface area (TPSA) is 38.7 Å². The summed E-state index contributed by atoms with van der Waals surface area (Å²) in [5, 5.41) is 9.95. The van der Waals surface area contributed by atoms with E-state index in [1.807, 2.05) is 43.3 Å². The van der Waals surface area contributed by atoms with Gasteiger partial charge in [0.15, 0.2) is 0 Å². The van der Waals surface area contributed by atoms with Gasteiger partial charge in [-0.2, -0.15) is 0 Å². The van der Waals surface area contributed by atoms with Crippen molar-refractivity contribution in [3.05, 3.63) is 52.0 Å². The summed E-state index contributed by atoms with van der Waals surface area (Å²) in [5.41, 5.74) is 1.67. The van der Waals surface area contributed by atoms with Crippen LogP contribution in [0.1, 0.15) is 24.2 Å². The third-order valence-corrected chi connectivity index (χ3v) is 3.53. The lowest BCUT2D eigenvalue weighted by Gasteiger charge is -2.17. The molecule has 4 heteroatoms. The highest BCUT2D eigenvalue weighted by Gasteiger charge is 2.16. The van der Waals surface area contributed by atoms with Crippen LogP contribution < -0.4 is 9.47 Å².